The molecular weight excluding hydrogens is 302 g/mol. The lowest BCUT2D eigenvalue weighted by molar-refractivity contribution is -0.118. The third-order valence-electron chi connectivity index (χ3n) is 4.44. The highest BCUT2D eigenvalue weighted by molar-refractivity contribution is 7.90. The van der Waals surface area contributed by atoms with Crippen molar-refractivity contribution in [2.24, 2.45) is 10.3 Å². The van der Waals surface area contributed by atoms with Gasteiger partial charge in [-0.15, -0.1) is 4.40 Å². The maximum atomic E-state index is 12.3. The first kappa shape index (κ1) is 15.3. The normalized spacial score (nSPS) is 30.1. The van der Waals surface area contributed by atoms with Gasteiger partial charge in [0.2, 0.25) is 0 Å². The summed E-state index contributed by atoms with van der Waals surface area (Å²) in [5.74, 6) is 1.02. The van der Waals surface area contributed by atoms with Crippen LogP contribution in [0.5, 0.6) is 0 Å². The maximum absolute atomic E-state index is 12.3. The predicted octanol–water partition coefficient (Wildman–Crippen LogP) is 1.18. The minimum absolute atomic E-state index is 0.0176. The third-order valence-corrected chi connectivity index (χ3v) is 5.60. The molecule has 3 rings (SSSR count). The lowest BCUT2D eigenvalue weighted by atomic mass is 9.87. The fraction of sp³-hybridized carbons (Fsp3) is 0.600. The summed E-state index contributed by atoms with van der Waals surface area (Å²) in [6.07, 6.45) is 9.28. The molecule has 1 amide bonds. The van der Waals surface area contributed by atoms with Crippen molar-refractivity contribution in [2.75, 3.05) is 12.3 Å². The fourth-order valence-corrected chi connectivity index (χ4v) is 3.98. The molecule has 0 atom stereocenters. The number of hydrogen-bond donors (Lipinski definition) is 1. The molecule has 2 heterocycles. The monoisotopic (exact) mass is 323 g/mol. The maximum Gasteiger partial charge on any atom is 0.256 e. The SMILES string of the molecule is CC1CCC(NC(=O)C2=CN3CCS(=O)(=O)N=C3C=C2)CC1. The Bertz CT molecular complexity index is 656. The number of carbonyl (C=O) groups excluding carboxylic acids is 1. The molecule has 7 heteroatoms. The molecule has 0 saturated heterocycles. The minimum Gasteiger partial charge on any atom is -0.349 e. The number of amidine groups is 1. The molecule has 6 nitrogen and oxygen atoms in total. The van der Waals surface area contributed by atoms with E-state index in [4.69, 9.17) is 0 Å². The van der Waals surface area contributed by atoms with Crippen LogP contribution in [0.15, 0.2) is 28.3 Å². The standard InChI is InChI=1S/C15H21N3O3S/c1-11-2-5-13(6-3-11)16-15(19)12-4-7-14-17-22(20,21)9-8-18(14)10-12/h4,7,10-11,13H,2-3,5-6,8-9H2,1H3,(H,16,19). The van der Waals surface area contributed by atoms with Crippen molar-refractivity contribution >= 4 is 21.8 Å². The molecule has 120 valence electrons. The highest BCUT2D eigenvalue weighted by Gasteiger charge is 2.26. The Kier molecular flexibility index (Phi) is 4.08. The quantitative estimate of drug-likeness (QED) is 0.827. The molecule has 2 aliphatic heterocycles. The van der Waals surface area contributed by atoms with Gasteiger partial charge in [0.15, 0.2) is 0 Å². The summed E-state index contributed by atoms with van der Waals surface area (Å²) >= 11 is 0. The van der Waals surface area contributed by atoms with Gasteiger partial charge in [0, 0.05) is 18.8 Å². The van der Waals surface area contributed by atoms with Crippen LogP contribution >= 0.6 is 0 Å². The first-order valence-electron chi connectivity index (χ1n) is 7.73. The molecule has 1 N–H and O–H groups in total. The van der Waals surface area contributed by atoms with E-state index in [0.29, 0.717) is 18.0 Å². The molecule has 1 aliphatic carbocycles. The smallest absolute Gasteiger partial charge is 0.256 e. The van der Waals surface area contributed by atoms with E-state index in [9.17, 15) is 13.2 Å². The fourth-order valence-electron chi connectivity index (χ4n) is 3.01. The summed E-state index contributed by atoms with van der Waals surface area (Å²) in [7, 11) is -3.35. The summed E-state index contributed by atoms with van der Waals surface area (Å²) in [6.45, 7) is 2.58. The van der Waals surface area contributed by atoms with Gasteiger partial charge in [0.1, 0.15) is 5.84 Å². The van der Waals surface area contributed by atoms with Gasteiger partial charge in [-0.05, 0) is 43.8 Å². The Morgan fingerprint density at radius 3 is 2.73 bits per heavy atom. The number of nitrogens with one attached hydrogen (secondary N) is 1. The van der Waals surface area contributed by atoms with E-state index < -0.39 is 10.0 Å². The number of nitrogens with zero attached hydrogens (tertiary/aromatic N) is 2. The van der Waals surface area contributed by atoms with Gasteiger partial charge >= 0.3 is 0 Å². The third kappa shape index (κ3) is 3.40. The number of rotatable bonds is 2. The van der Waals surface area contributed by atoms with Crippen LogP contribution in [0.2, 0.25) is 0 Å². The van der Waals surface area contributed by atoms with E-state index in [1.807, 2.05) is 0 Å². The number of carbonyl (C=O) groups is 1. The predicted molar refractivity (Wildman–Crippen MR) is 84.7 cm³/mol. The van der Waals surface area contributed by atoms with Crippen LogP contribution in [0.4, 0.5) is 0 Å². The van der Waals surface area contributed by atoms with Crippen LogP contribution < -0.4 is 5.32 Å². The summed E-state index contributed by atoms with van der Waals surface area (Å²) in [4.78, 5) is 14.1. The molecule has 1 saturated carbocycles. The Labute approximate surface area is 131 Å². The molecule has 0 bridgehead atoms. The van der Waals surface area contributed by atoms with Crippen LogP contribution in [0.1, 0.15) is 32.6 Å². The molecule has 1 fully saturated rings. The van der Waals surface area contributed by atoms with E-state index in [2.05, 4.69) is 16.6 Å². The minimum atomic E-state index is -3.35. The average Bonchev–Trinajstić information content (AvgIpc) is 2.48. The van der Waals surface area contributed by atoms with E-state index in [1.54, 1.807) is 23.3 Å². The van der Waals surface area contributed by atoms with Crippen molar-refractivity contribution in [3.05, 3.63) is 23.9 Å². The molecule has 0 radical (unpaired) electrons. The molecule has 0 aromatic rings. The zero-order chi connectivity index (χ0) is 15.7. The molecule has 0 unspecified atom stereocenters. The summed E-state index contributed by atoms with van der Waals surface area (Å²) in [5.41, 5.74) is 0.553. The van der Waals surface area contributed by atoms with Crippen LogP contribution in [0.3, 0.4) is 0 Å². The first-order valence-corrected chi connectivity index (χ1v) is 9.34. The summed E-state index contributed by atoms with van der Waals surface area (Å²) in [5, 5.41) is 3.08. The summed E-state index contributed by atoms with van der Waals surface area (Å²) in [6, 6.07) is 0.245. The Morgan fingerprint density at radius 1 is 1.27 bits per heavy atom. The Morgan fingerprint density at radius 2 is 2.00 bits per heavy atom. The van der Waals surface area contributed by atoms with E-state index >= 15 is 0 Å². The van der Waals surface area contributed by atoms with Crippen molar-refractivity contribution in [3.63, 3.8) is 0 Å². The number of hydrogen-bond acceptors (Lipinski definition) is 4. The lowest BCUT2D eigenvalue weighted by Gasteiger charge is -2.29. The topological polar surface area (TPSA) is 78.8 Å². The van der Waals surface area contributed by atoms with Gasteiger partial charge < -0.3 is 10.2 Å². The Balaban J connectivity index is 1.65. The number of fused-ring (bicyclic) bond motifs is 1. The van der Waals surface area contributed by atoms with Crippen molar-refractivity contribution in [2.45, 2.75) is 38.6 Å². The average molecular weight is 323 g/mol. The van der Waals surface area contributed by atoms with Gasteiger partial charge in [-0.2, -0.15) is 0 Å². The van der Waals surface area contributed by atoms with Crippen LogP contribution in [-0.2, 0) is 14.8 Å². The molecule has 0 spiro atoms. The van der Waals surface area contributed by atoms with Gasteiger partial charge in [-0.1, -0.05) is 6.92 Å². The Hall–Kier alpha value is -1.63. The molecule has 22 heavy (non-hydrogen) atoms. The molecule has 3 aliphatic rings. The molecule has 0 aromatic carbocycles. The zero-order valence-corrected chi connectivity index (χ0v) is 13.5. The van der Waals surface area contributed by atoms with E-state index in [0.717, 1.165) is 31.6 Å². The van der Waals surface area contributed by atoms with Gasteiger partial charge in [0.05, 0.1) is 11.3 Å². The van der Waals surface area contributed by atoms with Gasteiger partial charge in [0.25, 0.3) is 15.9 Å². The second-order valence-electron chi connectivity index (χ2n) is 6.28. The molecule has 0 aromatic heterocycles. The van der Waals surface area contributed by atoms with Crippen molar-refractivity contribution in [1.82, 2.24) is 10.2 Å². The van der Waals surface area contributed by atoms with Crippen molar-refractivity contribution < 1.29 is 13.2 Å². The van der Waals surface area contributed by atoms with Crippen LogP contribution in [0, 0.1) is 5.92 Å². The van der Waals surface area contributed by atoms with E-state index in [-0.39, 0.29) is 17.7 Å². The first-order chi connectivity index (χ1) is 10.4. The highest BCUT2D eigenvalue weighted by atomic mass is 32.2. The van der Waals surface area contributed by atoms with Crippen LogP contribution in [-0.4, -0.2) is 43.4 Å². The van der Waals surface area contributed by atoms with Crippen molar-refractivity contribution in [1.29, 1.82) is 0 Å². The zero-order valence-electron chi connectivity index (χ0n) is 12.7. The largest absolute Gasteiger partial charge is 0.349 e. The second kappa shape index (κ2) is 5.87. The second-order valence-corrected chi connectivity index (χ2v) is 8.03. The highest BCUT2D eigenvalue weighted by Crippen LogP contribution is 2.24. The van der Waals surface area contributed by atoms with Gasteiger partial charge in [-0.25, -0.2) is 8.42 Å². The summed E-state index contributed by atoms with van der Waals surface area (Å²) < 4.78 is 26.6. The molecular formula is C15H21N3O3S. The van der Waals surface area contributed by atoms with Crippen LogP contribution in [0.25, 0.3) is 0 Å². The van der Waals surface area contributed by atoms with E-state index in [1.165, 1.54) is 0 Å². The number of sulfonamides is 1. The van der Waals surface area contributed by atoms with Crippen molar-refractivity contribution in [3.8, 4) is 0 Å². The number of amides is 1. The van der Waals surface area contributed by atoms with Gasteiger partial charge in [-0.3, -0.25) is 4.79 Å². The lowest BCUT2D eigenvalue weighted by Crippen LogP contribution is -2.41.